The molecule has 0 aromatic rings. The lowest BCUT2D eigenvalue weighted by molar-refractivity contribution is -0.215. The molecule has 1 heterocycles. The number of aliphatic hydroxyl groups is 3. The van der Waals surface area contributed by atoms with E-state index in [-0.39, 0.29) is 12.3 Å². The Morgan fingerprint density at radius 2 is 1.85 bits per heavy atom. The minimum Gasteiger partial charge on any atom is -0.391 e. The summed E-state index contributed by atoms with van der Waals surface area (Å²) in [7, 11) is 0. The van der Waals surface area contributed by atoms with Gasteiger partial charge >= 0.3 is 0 Å². The van der Waals surface area contributed by atoms with Crippen molar-refractivity contribution < 1.29 is 29.6 Å². The maximum atomic E-state index is 11.2. The minimum atomic E-state index is -1.23. The predicted molar refractivity (Wildman–Crippen MR) is 68.4 cm³/mol. The zero-order valence-corrected chi connectivity index (χ0v) is 11.7. The van der Waals surface area contributed by atoms with Gasteiger partial charge in [-0.25, -0.2) is 0 Å². The Balaban J connectivity index is 2.97. The van der Waals surface area contributed by atoms with Gasteiger partial charge in [-0.3, -0.25) is 9.59 Å². The first-order valence-corrected chi connectivity index (χ1v) is 6.46. The number of rotatable bonds is 4. The Kier molecular flexibility index (Phi) is 5.88. The lowest BCUT2D eigenvalue weighted by Gasteiger charge is -2.42. The van der Waals surface area contributed by atoms with Gasteiger partial charge in [-0.2, -0.15) is 0 Å². The van der Waals surface area contributed by atoms with Crippen LogP contribution >= 0.6 is 0 Å². The molecule has 3 unspecified atom stereocenters. The van der Waals surface area contributed by atoms with Gasteiger partial charge < -0.3 is 30.7 Å². The van der Waals surface area contributed by atoms with Gasteiger partial charge in [0.2, 0.25) is 11.8 Å². The molecule has 1 saturated heterocycles. The highest BCUT2D eigenvalue weighted by Gasteiger charge is 2.43. The van der Waals surface area contributed by atoms with Crippen LogP contribution in [0.4, 0.5) is 0 Å². The van der Waals surface area contributed by atoms with E-state index < -0.39 is 42.6 Å². The van der Waals surface area contributed by atoms with Crippen LogP contribution in [0.25, 0.3) is 0 Å². The number of amides is 2. The molecule has 0 bridgehead atoms. The summed E-state index contributed by atoms with van der Waals surface area (Å²) >= 11 is 0. The molecular formula is C12H22N2O6. The molecule has 0 radical (unpaired) electrons. The van der Waals surface area contributed by atoms with E-state index in [2.05, 4.69) is 10.6 Å². The Labute approximate surface area is 117 Å². The van der Waals surface area contributed by atoms with Crippen molar-refractivity contribution in [1.82, 2.24) is 10.6 Å². The van der Waals surface area contributed by atoms with Crippen LogP contribution in [0.3, 0.4) is 0 Å². The van der Waals surface area contributed by atoms with Crippen LogP contribution in [0.2, 0.25) is 0 Å². The van der Waals surface area contributed by atoms with Crippen molar-refractivity contribution in [3.63, 3.8) is 0 Å². The number of hydrogen-bond donors (Lipinski definition) is 5. The maximum Gasteiger partial charge on any atom is 0.217 e. The average molecular weight is 290 g/mol. The summed E-state index contributed by atoms with van der Waals surface area (Å²) in [5.41, 5.74) is 0. The van der Waals surface area contributed by atoms with Crippen molar-refractivity contribution in [3.05, 3.63) is 0 Å². The molecule has 2 amide bonds. The number of ether oxygens (including phenoxy) is 1. The van der Waals surface area contributed by atoms with E-state index in [1.165, 1.54) is 20.8 Å². The lowest BCUT2D eigenvalue weighted by Crippen LogP contribution is -2.65. The van der Waals surface area contributed by atoms with Gasteiger partial charge in [-0.05, 0) is 6.92 Å². The molecular weight excluding hydrogens is 268 g/mol. The lowest BCUT2D eigenvalue weighted by atomic mass is 9.90. The molecule has 0 aromatic carbocycles. The Hall–Kier alpha value is -1.22. The van der Waals surface area contributed by atoms with Crippen molar-refractivity contribution in [1.29, 1.82) is 0 Å². The van der Waals surface area contributed by atoms with E-state index in [0.717, 1.165) is 0 Å². The van der Waals surface area contributed by atoms with Crippen LogP contribution in [0, 0.1) is 0 Å². The number of hydrogen-bond acceptors (Lipinski definition) is 6. The zero-order valence-electron chi connectivity index (χ0n) is 11.7. The third kappa shape index (κ3) is 4.41. The van der Waals surface area contributed by atoms with Crippen molar-refractivity contribution in [2.75, 3.05) is 0 Å². The molecule has 116 valence electrons. The fraction of sp³-hybridized carbons (Fsp3) is 0.833. The van der Waals surface area contributed by atoms with Gasteiger partial charge in [0.15, 0.2) is 6.29 Å². The van der Waals surface area contributed by atoms with Crippen molar-refractivity contribution in [2.45, 2.75) is 63.9 Å². The average Bonchev–Trinajstić information content (AvgIpc) is 2.28. The molecule has 5 N–H and O–H groups in total. The van der Waals surface area contributed by atoms with Gasteiger partial charge in [0.05, 0.1) is 24.3 Å². The fourth-order valence-corrected chi connectivity index (χ4v) is 2.33. The maximum absolute atomic E-state index is 11.2. The Bertz CT molecular complexity index is 344. The Morgan fingerprint density at radius 1 is 1.25 bits per heavy atom. The van der Waals surface area contributed by atoms with Gasteiger partial charge in [-0.1, -0.05) is 0 Å². The molecule has 0 spiro atoms. The SMILES string of the molecule is CC(=O)N[C@@H]1C(O)CC(O)OC1[C@H](NC(C)=O)[C@@H](C)O. The van der Waals surface area contributed by atoms with Crippen molar-refractivity contribution in [3.8, 4) is 0 Å². The second-order valence-electron chi connectivity index (χ2n) is 5.05. The highest BCUT2D eigenvalue weighted by atomic mass is 16.6. The second-order valence-corrected chi connectivity index (χ2v) is 5.05. The quantitative estimate of drug-likeness (QED) is 0.401. The third-order valence-corrected chi connectivity index (χ3v) is 3.14. The van der Waals surface area contributed by atoms with Crippen LogP contribution in [0.1, 0.15) is 27.2 Å². The van der Waals surface area contributed by atoms with E-state index in [9.17, 15) is 24.9 Å². The summed E-state index contributed by atoms with van der Waals surface area (Å²) in [6.07, 6.45) is -4.26. The zero-order chi connectivity index (χ0) is 15.4. The van der Waals surface area contributed by atoms with Crippen LogP contribution in [-0.4, -0.2) is 63.8 Å². The standard InChI is InChI=1S/C12H22N2O6/c1-5(15)10(13-6(2)16)12-11(14-7(3)17)8(18)4-9(19)20-12/h5,8-12,15,18-19H,4H2,1-3H3,(H,13,16)(H,14,17)/t5-,8?,9?,10-,11-,12?/m1/s1. The molecule has 0 aliphatic carbocycles. The first-order chi connectivity index (χ1) is 9.22. The van der Waals surface area contributed by atoms with E-state index >= 15 is 0 Å². The van der Waals surface area contributed by atoms with Crippen LogP contribution in [-0.2, 0) is 14.3 Å². The molecule has 8 nitrogen and oxygen atoms in total. The first-order valence-electron chi connectivity index (χ1n) is 6.46. The summed E-state index contributed by atoms with van der Waals surface area (Å²) in [4.78, 5) is 22.4. The molecule has 1 fully saturated rings. The van der Waals surface area contributed by atoms with E-state index in [4.69, 9.17) is 4.74 Å². The van der Waals surface area contributed by atoms with Gasteiger partial charge in [0, 0.05) is 20.3 Å². The van der Waals surface area contributed by atoms with Gasteiger partial charge in [-0.15, -0.1) is 0 Å². The molecule has 1 rings (SSSR count). The van der Waals surface area contributed by atoms with Crippen LogP contribution < -0.4 is 10.6 Å². The molecule has 0 aromatic heterocycles. The summed E-state index contributed by atoms with van der Waals surface area (Å²) in [5, 5.41) is 34.3. The number of carbonyl (C=O) groups is 2. The molecule has 6 atom stereocenters. The molecule has 20 heavy (non-hydrogen) atoms. The number of aliphatic hydroxyl groups excluding tert-OH is 3. The largest absolute Gasteiger partial charge is 0.391 e. The molecule has 1 aliphatic heterocycles. The van der Waals surface area contributed by atoms with Crippen molar-refractivity contribution in [2.24, 2.45) is 0 Å². The summed E-state index contributed by atoms with van der Waals surface area (Å²) in [6, 6.07) is -1.70. The van der Waals surface area contributed by atoms with E-state index in [1.54, 1.807) is 0 Å². The first kappa shape index (κ1) is 16.8. The van der Waals surface area contributed by atoms with E-state index in [0.29, 0.717) is 0 Å². The summed E-state index contributed by atoms with van der Waals surface area (Å²) in [6.45, 7) is 4.01. The Morgan fingerprint density at radius 3 is 2.30 bits per heavy atom. The number of carbonyl (C=O) groups excluding carboxylic acids is 2. The van der Waals surface area contributed by atoms with Crippen LogP contribution in [0.15, 0.2) is 0 Å². The topological polar surface area (TPSA) is 128 Å². The monoisotopic (exact) mass is 290 g/mol. The smallest absolute Gasteiger partial charge is 0.217 e. The number of nitrogens with one attached hydrogen (secondary N) is 2. The van der Waals surface area contributed by atoms with Crippen LogP contribution in [0.5, 0.6) is 0 Å². The second kappa shape index (κ2) is 6.98. The van der Waals surface area contributed by atoms with Crippen molar-refractivity contribution >= 4 is 11.8 Å². The minimum absolute atomic E-state index is 0.0615. The molecule has 8 heteroatoms. The fourth-order valence-electron chi connectivity index (χ4n) is 2.33. The molecule has 0 saturated carbocycles. The third-order valence-electron chi connectivity index (χ3n) is 3.14. The summed E-state index contributed by atoms with van der Waals surface area (Å²) < 4.78 is 5.30. The predicted octanol–water partition coefficient (Wildman–Crippen LogP) is -2.16. The normalized spacial score (nSPS) is 33.1. The highest BCUT2D eigenvalue weighted by molar-refractivity contribution is 5.74. The van der Waals surface area contributed by atoms with Gasteiger partial charge in [0.25, 0.3) is 0 Å². The summed E-state index contributed by atoms with van der Waals surface area (Å²) in [5.74, 6) is -0.776. The highest BCUT2D eigenvalue weighted by Crippen LogP contribution is 2.23. The van der Waals surface area contributed by atoms with Gasteiger partial charge in [0.1, 0.15) is 6.10 Å². The van der Waals surface area contributed by atoms with E-state index in [1.807, 2.05) is 0 Å². The molecule has 1 aliphatic rings.